The number of carbonyl (C=O) groups is 2. The number of thiazole rings is 1. The predicted molar refractivity (Wildman–Crippen MR) is 185 cm³/mol. The van der Waals surface area contributed by atoms with Crippen molar-refractivity contribution in [1.29, 1.82) is 0 Å². The predicted octanol–water partition coefficient (Wildman–Crippen LogP) is 5.76. The maximum absolute atomic E-state index is 14.1. The third kappa shape index (κ3) is 6.69. The molecule has 5 rings (SSSR count). The van der Waals surface area contributed by atoms with E-state index in [1.54, 1.807) is 23.6 Å². The molecule has 4 aromatic rings. The van der Waals surface area contributed by atoms with E-state index in [1.165, 1.54) is 18.4 Å². The van der Waals surface area contributed by atoms with Gasteiger partial charge in [0.25, 0.3) is 5.56 Å². The van der Waals surface area contributed by atoms with Gasteiger partial charge in [0.2, 0.25) is 0 Å². The molecule has 3 aromatic carbocycles. The summed E-state index contributed by atoms with van der Waals surface area (Å²) >= 11 is 5.75. The molecule has 0 spiro atoms. The molecule has 0 saturated carbocycles. The zero-order valence-electron chi connectivity index (χ0n) is 24.1. The van der Waals surface area contributed by atoms with E-state index in [0.29, 0.717) is 44.9 Å². The summed E-state index contributed by atoms with van der Waals surface area (Å²) in [5, 5.41) is 0. The smallest absolute Gasteiger partial charge is 0.338 e. The van der Waals surface area contributed by atoms with E-state index in [4.69, 9.17) is 19.2 Å². The number of allylic oxidation sites excluding steroid dienone is 1. The van der Waals surface area contributed by atoms with Gasteiger partial charge in [-0.2, -0.15) is 0 Å². The number of rotatable bonds is 9. The van der Waals surface area contributed by atoms with Gasteiger partial charge in [0.05, 0.1) is 44.7 Å². The number of esters is 2. The molecule has 0 N–H and O–H groups in total. The number of benzene rings is 3. The fraction of sp³-hybridized carbons (Fsp3) is 0.212. The van der Waals surface area contributed by atoms with Crippen LogP contribution in [0, 0.1) is 7.14 Å². The van der Waals surface area contributed by atoms with Crippen molar-refractivity contribution in [3.8, 4) is 5.75 Å². The number of ether oxygens (including phenoxy) is 3. The van der Waals surface area contributed by atoms with Crippen molar-refractivity contribution >= 4 is 74.5 Å². The van der Waals surface area contributed by atoms with Crippen LogP contribution in [0.1, 0.15) is 53.4 Å². The van der Waals surface area contributed by atoms with Gasteiger partial charge in [0.15, 0.2) is 4.80 Å². The molecular weight excluding hydrogens is 806 g/mol. The molecule has 0 aliphatic carbocycles. The summed E-state index contributed by atoms with van der Waals surface area (Å²) in [6.45, 7) is 4.28. The number of halogens is 2. The molecule has 11 heteroatoms. The second-order valence-electron chi connectivity index (χ2n) is 9.71. The Bertz CT molecular complexity index is 1930. The number of aromatic nitrogens is 1. The van der Waals surface area contributed by atoms with Gasteiger partial charge in [0.1, 0.15) is 12.4 Å². The van der Waals surface area contributed by atoms with Gasteiger partial charge in [0, 0.05) is 9.13 Å². The van der Waals surface area contributed by atoms with Gasteiger partial charge >= 0.3 is 11.9 Å². The van der Waals surface area contributed by atoms with E-state index >= 15 is 0 Å². The minimum atomic E-state index is -0.665. The molecule has 1 aliphatic rings. The monoisotopic (exact) mass is 834 g/mol. The highest BCUT2D eigenvalue weighted by molar-refractivity contribution is 14.1. The first kappa shape index (κ1) is 32.1. The van der Waals surface area contributed by atoms with Gasteiger partial charge in [-0.05, 0) is 100.0 Å². The van der Waals surface area contributed by atoms with Crippen molar-refractivity contribution in [3.63, 3.8) is 0 Å². The van der Waals surface area contributed by atoms with Crippen LogP contribution in [0.3, 0.4) is 0 Å². The number of carbonyl (C=O) groups excluding carboxylic acids is 2. The third-order valence-electron chi connectivity index (χ3n) is 6.94. The molecule has 1 aliphatic heterocycles. The normalized spacial score (nSPS) is 14.6. The number of hydrogen-bond donors (Lipinski definition) is 0. The number of methoxy groups -OCH3 is 1. The Morgan fingerprint density at radius 2 is 1.75 bits per heavy atom. The molecular formula is C33H28I2N2O6S. The zero-order chi connectivity index (χ0) is 31.4. The second kappa shape index (κ2) is 14.2. The number of hydrogen-bond acceptors (Lipinski definition) is 8. The first-order chi connectivity index (χ1) is 21.2. The van der Waals surface area contributed by atoms with E-state index in [-0.39, 0.29) is 18.1 Å². The van der Waals surface area contributed by atoms with Crippen molar-refractivity contribution in [2.24, 2.45) is 4.99 Å². The topological polar surface area (TPSA) is 96.2 Å². The standard InChI is InChI=1S/C33H28I2N2O6S/c1-4-25-27(32(40)41-3)28(20-9-7-6-8-10-20)37-30(38)26(44-33(37)36-25)16-22-15-23(34)17-24(35)29(22)43-18-19-11-13-21(14-12-19)31(39)42-5-2/h6-17,28H,4-5,18H2,1-3H3/b26-16+/t28-/m1/s1. The van der Waals surface area contributed by atoms with Crippen LogP contribution in [0.25, 0.3) is 6.08 Å². The molecule has 0 fully saturated rings. The Hall–Kier alpha value is -3.30. The number of fused-ring (bicyclic) bond motifs is 1. The maximum Gasteiger partial charge on any atom is 0.338 e. The Kier molecular flexibility index (Phi) is 10.4. The third-order valence-corrected chi connectivity index (χ3v) is 9.34. The minimum absolute atomic E-state index is 0.256. The summed E-state index contributed by atoms with van der Waals surface area (Å²) in [5.74, 6) is -0.238. The first-order valence-electron chi connectivity index (χ1n) is 13.8. The van der Waals surface area contributed by atoms with Gasteiger partial charge < -0.3 is 14.2 Å². The summed E-state index contributed by atoms with van der Waals surface area (Å²) in [6, 6.07) is 19.9. The van der Waals surface area contributed by atoms with Crippen LogP contribution in [-0.4, -0.2) is 30.2 Å². The number of nitrogens with zero attached hydrogens (tertiary/aromatic N) is 2. The van der Waals surface area contributed by atoms with Crippen LogP contribution in [-0.2, 0) is 20.9 Å². The van der Waals surface area contributed by atoms with Crippen molar-refractivity contribution in [1.82, 2.24) is 4.57 Å². The fourth-order valence-electron chi connectivity index (χ4n) is 4.90. The maximum atomic E-state index is 14.1. The molecule has 8 nitrogen and oxygen atoms in total. The average Bonchev–Trinajstić information content (AvgIpc) is 3.34. The van der Waals surface area contributed by atoms with Gasteiger partial charge in [-0.15, -0.1) is 0 Å². The van der Waals surface area contributed by atoms with E-state index in [9.17, 15) is 14.4 Å². The van der Waals surface area contributed by atoms with Crippen molar-refractivity contribution in [2.45, 2.75) is 32.9 Å². The Labute approximate surface area is 285 Å². The highest BCUT2D eigenvalue weighted by Gasteiger charge is 2.33. The molecule has 0 bridgehead atoms. The fourth-order valence-corrected chi connectivity index (χ4v) is 7.96. The Balaban J connectivity index is 1.57. The van der Waals surface area contributed by atoms with E-state index in [2.05, 4.69) is 45.2 Å². The van der Waals surface area contributed by atoms with Crippen molar-refractivity contribution in [2.75, 3.05) is 13.7 Å². The average molecular weight is 834 g/mol. The quantitative estimate of drug-likeness (QED) is 0.157. The first-order valence-corrected chi connectivity index (χ1v) is 16.8. The summed E-state index contributed by atoms with van der Waals surface area (Å²) in [6.07, 6.45) is 2.33. The molecule has 0 unspecified atom stereocenters. The highest BCUT2D eigenvalue weighted by Crippen LogP contribution is 2.32. The largest absolute Gasteiger partial charge is 0.487 e. The molecule has 2 heterocycles. The van der Waals surface area contributed by atoms with Crippen LogP contribution >= 0.6 is 56.5 Å². The van der Waals surface area contributed by atoms with Gasteiger partial charge in [-0.1, -0.05) is 60.7 Å². The summed E-state index contributed by atoms with van der Waals surface area (Å²) in [5.41, 5.74) is 3.60. The molecule has 0 amide bonds. The van der Waals surface area contributed by atoms with Crippen LogP contribution in [0.4, 0.5) is 0 Å². The Morgan fingerprint density at radius 1 is 1.02 bits per heavy atom. The molecule has 1 atom stereocenters. The second-order valence-corrected chi connectivity index (χ2v) is 13.1. The van der Waals surface area contributed by atoms with Gasteiger partial charge in [-0.3, -0.25) is 9.36 Å². The van der Waals surface area contributed by atoms with Crippen molar-refractivity contribution < 1.29 is 23.8 Å². The van der Waals surface area contributed by atoms with Crippen LogP contribution in [0.5, 0.6) is 5.75 Å². The molecule has 226 valence electrons. The van der Waals surface area contributed by atoms with Gasteiger partial charge in [-0.25, -0.2) is 14.6 Å². The van der Waals surface area contributed by atoms with E-state index < -0.39 is 12.0 Å². The summed E-state index contributed by atoms with van der Waals surface area (Å²) in [7, 11) is 1.34. The van der Waals surface area contributed by atoms with Crippen LogP contribution < -0.4 is 19.6 Å². The zero-order valence-corrected chi connectivity index (χ0v) is 29.3. The SMILES string of the molecule is CCOC(=O)c1ccc(COc2c(I)cc(I)cc2/C=c2/sc3n(c2=O)[C@H](c2ccccc2)C(C(=O)OC)=C(CC)N=3)cc1. The lowest BCUT2D eigenvalue weighted by molar-refractivity contribution is -0.136. The minimum Gasteiger partial charge on any atom is -0.487 e. The molecule has 0 radical (unpaired) electrons. The van der Waals surface area contributed by atoms with Crippen LogP contribution in [0.2, 0.25) is 0 Å². The molecule has 1 aromatic heterocycles. The Morgan fingerprint density at radius 3 is 2.41 bits per heavy atom. The lowest BCUT2D eigenvalue weighted by Crippen LogP contribution is -2.40. The lowest BCUT2D eigenvalue weighted by Gasteiger charge is -2.25. The molecule has 0 saturated heterocycles. The van der Waals surface area contributed by atoms with Crippen LogP contribution in [0.15, 0.2) is 87.8 Å². The molecule has 44 heavy (non-hydrogen) atoms. The van der Waals surface area contributed by atoms with E-state index in [0.717, 1.165) is 23.8 Å². The van der Waals surface area contributed by atoms with E-state index in [1.807, 2.05) is 67.6 Å². The summed E-state index contributed by atoms with van der Waals surface area (Å²) in [4.78, 5) is 44.4. The highest BCUT2D eigenvalue weighted by atomic mass is 127. The summed E-state index contributed by atoms with van der Waals surface area (Å²) < 4.78 is 20.4. The van der Waals surface area contributed by atoms with Crippen molar-refractivity contribution in [3.05, 3.63) is 127 Å². The lowest BCUT2D eigenvalue weighted by atomic mass is 9.95.